The Morgan fingerprint density at radius 2 is 1.74 bits per heavy atom. The number of halogens is 1. The second kappa shape index (κ2) is 10.1. The summed E-state index contributed by atoms with van der Waals surface area (Å²) in [5.41, 5.74) is 1.81. The Morgan fingerprint density at radius 1 is 1.03 bits per heavy atom. The maximum atomic E-state index is 13.7. The van der Waals surface area contributed by atoms with Gasteiger partial charge in [-0.3, -0.25) is 9.36 Å². The Labute approximate surface area is 204 Å². The first kappa shape index (κ1) is 24.8. The van der Waals surface area contributed by atoms with E-state index in [2.05, 4.69) is 0 Å². The predicted octanol–water partition coefficient (Wildman–Crippen LogP) is 5.39. The summed E-state index contributed by atoms with van der Waals surface area (Å²) in [6.07, 6.45) is 1.39. The molecule has 0 aliphatic rings. The van der Waals surface area contributed by atoms with Gasteiger partial charge in [-0.2, -0.15) is 4.31 Å². The molecule has 0 N–H and O–H groups in total. The molecular formula is C27H28FN3O3S. The third-order valence-corrected chi connectivity index (χ3v) is 8.00. The van der Waals surface area contributed by atoms with Crippen LogP contribution in [0.3, 0.4) is 0 Å². The fraction of sp³-hybridized carbons (Fsp3) is 0.259. The summed E-state index contributed by atoms with van der Waals surface area (Å²) in [5, 5.41) is 0.450. The van der Waals surface area contributed by atoms with E-state index in [1.165, 1.54) is 21.0 Å². The molecule has 0 saturated heterocycles. The van der Waals surface area contributed by atoms with Crippen molar-refractivity contribution in [3.05, 3.63) is 100 Å². The van der Waals surface area contributed by atoms with E-state index in [0.29, 0.717) is 28.8 Å². The number of hydrogen-bond acceptors (Lipinski definition) is 4. The SMILES string of the molecule is CCCCN(C(C)c1nc2ccccc2c(=O)n1-c1cccc(C)c1)S(=O)(=O)c1ccc(F)cc1. The Hall–Kier alpha value is -3.36. The summed E-state index contributed by atoms with van der Waals surface area (Å²) >= 11 is 0. The zero-order valence-corrected chi connectivity index (χ0v) is 20.8. The van der Waals surface area contributed by atoms with Crippen LogP contribution in [0.5, 0.6) is 0 Å². The Morgan fingerprint density at radius 3 is 2.43 bits per heavy atom. The molecule has 1 aromatic heterocycles. The topological polar surface area (TPSA) is 72.3 Å². The number of benzene rings is 3. The molecule has 0 bridgehead atoms. The van der Waals surface area contributed by atoms with Crippen LogP contribution in [-0.4, -0.2) is 28.8 Å². The minimum absolute atomic E-state index is 0.00732. The first-order valence-corrected chi connectivity index (χ1v) is 13.0. The normalized spacial score (nSPS) is 12.8. The van der Waals surface area contributed by atoms with Gasteiger partial charge in [-0.15, -0.1) is 0 Å². The number of unbranched alkanes of at least 4 members (excludes halogenated alkanes) is 1. The van der Waals surface area contributed by atoms with Gasteiger partial charge in [0.2, 0.25) is 10.0 Å². The number of aromatic nitrogens is 2. The highest BCUT2D eigenvalue weighted by molar-refractivity contribution is 7.89. The molecule has 0 spiro atoms. The van der Waals surface area contributed by atoms with E-state index < -0.39 is 21.9 Å². The van der Waals surface area contributed by atoms with Crippen LogP contribution in [0.2, 0.25) is 0 Å². The number of fused-ring (bicyclic) bond motifs is 1. The van der Waals surface area contributed by atoms with E-state index in [9.17, 15) is 17.6 Å². The maximum Gasteiger partial charge on any atom is 0.266 e. The molecule has 0 radical (unpaired) electrons. The van der Waals surface area contributed by atoms with Crippen molar-refractivity contribution in [3.8, 4) is 5.69 Å². The molecule has 1 unspecified atom stereocenters. The lowest BCUT2D eigenvalue weighted by molar-refractivity contribution is 0.322. The fourth-order valence-corrected chi connectivity index (χ4v) is 5.78. The van der Waals surface area contributed by atoms with Crippen LogP contribution in [0, 0.1) is 12.7 Å². The number of nitrogens with zero attached hydrogens (tertiary/aromatic N) is 3. The number of sulfonamides is 1. The first-order chi connectivity index (χ1) is 16.7. The van der Waals surface area contributed by atoms with E-state index in [0.717, 1.165) is 24.1 Å². The fourth-order valence-electron chi connectivity index (χ4n) is 4.15. The summed E-state index contributed by atoms with van der Waals surface area (Å²) in [6, 6.07) is 18.5. The average Bonchev–Trinajstić information content (AvgIpc) is 2.84. The molecule has 0 aliphatic heterocycles. The molecule has 1 atom stereocenters. The van der Waals surface area contributed by atoms with Crippen LogP contribution >= 0.6 is 0 Å². The van der Waals surface area contributed by atoms with Crippen LogP contribution in [0.25, 0.3) is 16.6 Å². The standard InChI is InChI=1S/C27H28FN3O3S/c1-4-5-17-30(35(33,34)23-15-13-21(28)14-16-23)20(3)26-29-25-12-7-6-11-24(25)27(32)31(26)22-10-8-9-19(2)18-22/h6-16,18,20H,4-5,17H2,1-3H3. The van der Waals surface area contributed by atoms with Gasteiger partial charge in [-0.25, -0.2) is 17.8 Å². The summed E-state index contributed by atoms with van der Waals surface area (Å²) in [5.74, 6) is -0.192. The zero-order valence-electron chi connectivity index (χ0n) is 20.0. The van der Waals surface area contributed by atoms with Crippen molar-refractivity contribution in [1.29, 1.82) is 0 Å². The van der Waals surface area contributed by atoms with Gasteiger partial charge in [-0.05, 0) is 74.4 Å². The number of rotatable bonds is 8. The van der Waals surface area contributed by atoms with Crippen LogP contribution < -0.4 is 5.56 Å². The molecule has 0 saturated carbocycles. The third-order valence-electron chi connectivity index (χ3n) is 6.02. The largest absolute Gasteiger partial charge is 0.268 e. The molecule has 1 heterocycles. The number of para-hydroxylation sites is 1. The van der Waals surface area contributed by atoms with Crippen molar-refractivity contribution in [2.24, 2.45) is 0 Å². The molecule has 4 rings (SSSR count). The van der Waals surface area contributed by atoms with E-state index in [1.807, 2.05) is 38.1 Å². The molecule has 0 fully saturated rings. The second-order valence-electron chi connectivity index (χ2n) is 8.57. The van der Waals surface area contributed by atoms with Gasteiger partial charge in [0.05, 0.1) is 27.5 Å². The minimum Gasteiger partial charge on any atom is -0.268 e. The monoisotopic (exact) mass is 493 g/mol. The van der Waals surface area contributed by atoms with Crippen LogP contribution in [0.1, 0.15) is 44.1 Å². The summed E-state index contributed by atoms with van der Waals surface area (Å²) < 4.78 is 43.8. The second-order valence-corrected chi connectivity index (χ2v) is 10.5. The molecule has 0 aliphatic carbocycles. The quantitative estimate of drug-likeness (QED) is 0.330. The lowest BCUT2D eigenvalue weighted by atomic mass is 10.1. The lowest BCUT2D eigenvalue weighted by Gasteiger charge is -2.29. The average molecular weight is 494 g/mol. The molecule has 6 nitrogen and oxygen atoms in total. The smallest absolute Gasteiger partial charge is 0.266 e. The minimum atomic E-state index is -4.00. The van der Waals surface area contributed by atoms with Gasteiger partial charge >= 0.3 is 0 Å². The zero-order chi connectivity index (χ0) is 25.2. The molecular weight excluding hydrogens is 465 g/mol. The molecule has 4 aromatic rings. The van der Waals surface area contributed by atoms with E-state index >= 15 is 0 Å². The summed E-state index contributed by atoms with van der Waals surface area (Å²) in [4.78, 5) is 18.5. The predicted molar refractivity (Wildman–Crippen MR) is 136 cm³/mol. The van der Waals surface area contributed by atoms with Gasteiger partial charge < -0.3 is 0 Å². The Balaban J connectivity index is 1.95. The maximum absolute atomic E-state index is 13.7. The highest BCUT2D eigenvalue weighted by atomic mass is 32.2. The van der Waals surface area contributed by atoms with Crippen LogP contribution in [0.4, 0.5) is 4.39 Å². The van der Waals surface area contributed by atoms with Gasteiger partial charge in [0.25, 0.3) is 5.56 Å². The van der Waals surface area contributed by atoms with Crippen LogP contribution in [-0.2, 0) is 10.0 Å². The van der Waals surface area contributed by atoms with Crippen molar-refractivity contribution in [2.75, 3.05) is 6.54 Å². The van der Waals surface area contributed by atoms with Crippen LogP contribution in [0.15, 0.2) is 82.5 Å². The highest BCUT2D eigenvalue weighted by Crippen LogP contribution is 2.29. The molecule has 35 heavy (non-hydrogen) atoms. The number of hydrogen-bond donors (Lipinski definition) is 0. The van der Waals surface area contributed by atoms with Gasteiger partial charge in [-0.1, -0.05) is 37.6 Å². The van der Waals surface area contributed by atoms with Crippen molar-refractivity contribution >= 4 is 20.9 Å². The molecule has 3 aromatic carbocycles. The third kappa shape index (κ3) is 4.90. The summed E-state index contributed by atoms with van der Waals surface area (Å²) in [7, 11) is -4.00. The van der Waals surface area contributed by atoms with Gasteiger partial charge in [0.1, 0.15) is 11.6 Å². The summed E-state index contributed by atoms with van der Waals surface area (Å²) in [6.45, 7) is 5.87. The van der Waals surface area contributed by atoms with E-state index in [-0.39, 0.29) is 17.0 Å². The van der Waals surface area contributed by atoms with E-state index in [1.54, 1.807) is 31.2 Å². The van der Waals surface area contributed by atoms with Crippen molar-refractivity contribution in [2.45, 2.75) is 44.6 Å². The van der Waals surface area contributed by atoms with Crippen molar-refractivity contribution in [1.82, 2.24) is 13.9 Å². The molecule has 0 amide bonds. The lowest BCUT2D eigenvalue weighted by Crippen LogP contribution is -2.38. The molecule has 182 valence electrons. The van der Waals surface area contributed by atoms with Gasteiger partial charge in [0.15, 0.2) is 0 Å². The highest BCUT2D eigenvalue weighted by Gasteiger charge is 2.32. The van der Waals surface area contributed by atoms with Gasteiger partial charge in [0, 0.05) is 6.54 Å². The van der Waals surface area contributed by atoms with Crippen molar-refractivity contribution in [3.63, 3.8) is 0 Å². The number of aryl methyl sites for hydroxylation is 1. The molecule has 8 heteroatoms. The Bertz CT molecular complexity index is 1520. The van der Waals surface area contributed by atoms with Crippen molar-refractivity contribution < 1.29 is 12.8 Å². The Kier molecular flexibility index (Phi) is 7.14. The first-order valence-electron chi connectivity index (χ1n) is 11.6. The van der Waals surface area contributed by atoms with E-state index in [4.69, 9.17) is 4.98 Å².